The molecule has 1 aromatic carbocycles. The van der Waals surface area contributed by atoms with Crippen LogP contribution in [-0.4, -0.2) is 49.1 Å². The third-order valence-corrected chi connectivity index (χ3v) is 5.72. The number of benzene rings is 1. The monoisotopic (exact) mass is 448 g/mol. The maximum atomic E-state index is 13.2. The Kier molecular flexibility index (Phi) is 5.53. The smallest absolute Gasteiger partial charge is 0.353 e. The number of nitrogens with zero attached hydrogens (tertiary/aromatic N) is 5. The highest BCUT2D eigenvalue weighted by molar-refractivity contribution is 5.91. The second kappa shape index (κ2) is 8.64. The van der Waals surface area contributed by atoms with Crippen LogP contribution in [0.2, 0.25) is 0 Å². The Labute approximate surface area is 189 Å². The lowest BCUT2D eigenvalue weighted by molar-refractivity contribution is 0.0931. The molecule has 1 fully saturated rings. The van der Waals surface area contributed by atoms with Gasteiger partial charge in [0, 0.05) is 18.2 Å². The fourth-order valence-corrected chi connectivity index (χ4v) is 4.16. The molecule has 10 heteroatoms. The molecule has 1 atom stereocenters. The third-order valence-electron chi connectivity index (χ3n) is 5.72. The van der Waals surface area contributed by atoms with Crippen LogP contribution in [0.5, 0.6) is 5.88 Å². The van der Waals surface area contributed by atoms with E-state index in [2.05, 4.69) is 15.1 Å². The molecule has 1 aliphatic heterocycles. The van der Waals surface area contributed by atoms with Crippen molar-refractivity contribution in [3.63, 3.8) is 0 Å². The normalized spacial score (nSPS) is 15.9. The first-order valence-corrected chi connectivity index (χ1v) is 10.7. The quantitative estimate of drug-likeness (QED) is 0.457. The molecular formula is C23H24N6O4. The lowest BCUT2D eigenvalue weighted by atomic mass is 10.00. The number of aliphatic hydroxyl groups excluding tert-OH is 1. The van der Waals surface area contributed by atoms with Crippen LogP contribution in [0.25, 0.3) is 28.0 Å². The first kappa shape index (κ1) is 21.1. The van der Waals surface area contributed by atoms with Crippen molar-refractivity contribution < 1.29 is 14.6 Å². The first-order chi connectivity index (χ1) is 16.1. The number of aromatic nitrogens is 5. The van der Waals surface area contributed by atoms with Crippen LogP contribution in [-0.2, 0) is 17.9 Å². The van der Waals surface area contributed by atoms with Gasteiger partial charge in [-0.25, -0.2) is 23.8 Å². The number of aliphatic hydroxyl groups is 1. The Hall–Kier alpha value is -3.76. The van der Waals surface area contributed by atoms with E-state index in [4.69, 9.17) is 15.2 Å². The van der Waals surface area contributed by atoms with E-state index in [0.717, 1.165) is 18.4 Å². The number of pyridine rings is 1. The predicted octanol–water partition coefficient (Wildman–Crippen LogP) is 1.88. The second-order valence-electron chi connectivity index (χ2n) is 7.87. The largest absolute Gasteiger partial charge is 0.481 e. The van der Waals surface area contributed by atoms with Gasteiger partial charge in [-0.2, -0.15) is 0 Å². The molecule has 33 heavy (non-hydrogen) atoms. The van der Waals surface area contributed by atoms with Crippen molar-refractivity contribution in [1.82, 2.24) is 24.1 Å². The molecule has 3 N–H and O–H groups in total. The van der Waals surface area contributed by atoms with Gasteiger partial charge in [-0.15, -0.1) is 5.10 Å². The van der Waals surface area contributed by atoms with Gasteiger partial charge in [-0.3, -0.25) is 0 Å². The Morgan fingerprint density at radius 1 is 1.21 bits per heavy atom. The van der Waals surface area contributed by atoms with Crippen LogP contribution in [0.4, 0.5) is 5.95 Å². The van der Waals surface area contributed by atoms with E-state index in [1.807, 2.05) is 30.3 Å². The van der Waals surface area contributed by atoms with Crippen LogP contribution in [0.1, 0.15) is 18.5 Å². The molecule has 1 saturated heterocycles. The van der Waals surface area contributed by atoms with E-state index in [1.54, 1.807) is 12.1 Å². The van der Waals surface area contributed by atoms with Crippen molar-refractivity contribution >= 4 is 11.6 Å². The Bertz CT molecular complexity index is 1340. The van der Waals surface area contributed by atoms with Crippen molar-refractivity contribution in [3.8, 4) is 28.3 Å². The molecule has 1 aliphatic rings. The summed E-state index contributed by atoms with van der Waals surface area (Å²) >= 11 is 0. The van der Waals surface area contributed by atoms with E-state index in [-0.39, 0.29) is 24.3 Å². The predicted molar refractivity (Wildman–Crippen MR) is 122 cm³/mol. The first-order valence-electron chi connectivity index (χ1n) is 10.7. The van der Waals surface area contributed by atoms with E-state index in [0.29, 0.717) is 47.2 Å². The van der Waals surface area contributed by atoms with Crippen molar-refractivity contribution in [2.45, 2.75) is 32.1 Å². The molecule has 0 radical (unpaired) electrons. The third kappa shape index (κ3) is 3.83. The lowest BCUT2D eigenvalue weighted by Gasteiger charge is -2.13. The molecular weight excluding hydrogens is 424 g/mol. The van der Waals surface area contributed by atoms with Crippen molar-refractivity contribution in [2.24, 2.45) is 0 Å². The molecule has 4 aromatic rings. The van der Waals surface area contributed by atoms with Gasteiger partial charge in [0.05, 0.1) is 43.3 Å². The molecule has 0 unspecified atom stereocenters. The number of hydrogen-bond donors (Lipinski definition) is 2. The van der Waals surface area contributed by atoms with Gasteiger partial charge in [0.2, 0.25) is 11.8 Å². The SMILES string of the molecule is COc1cc(-c2c(-c3ccccc3)nc(N)n3c(=O)n(C[C@H]4CCCO4)nc23)cc(CO)n1. The summed E-state index contributed by atoms with van der Waals surface area (Å²) in [5, 5.41) is 14.4. The number of anilines is 1. The standard InChI is InChI=1S/C23H24N6O4/c1-32-18-11-15(10-16(13-30)25-18)19-20(14-6-3-2-4-7-14)26-22(24)29-21(19)27-28(23(29)31)12-17-8-5-9-33-17/h2-4,6-7,10-11,17,30H,5,8-9,12-13H2,1H3,(H2,24,26)/t17-/m1/s1. The summed E-state index contributed by atoms with van der Waals surface area (Å²) in [5.74, 6) is 0.367. The number of ether oxygens (including phenoxy) is 2. The highest BCUT2D eigenvalue weighted by Gasteiger charge is 2.24. The number of methoxy groups -OCH3 is 1. The fourth-order valence-electron chi connectivity index (χ4n) is 4.16. The van der Waals surface area contributed by atoms with Crippen LogP contribution in [0.15, 0.2) is 47.3 Å². The lowest BCUT2D eigenvalue weighted by Crippen LogP contribution is -2.28. The van der Waals surface area contributed by atoms with E-state index < -0.39 is 0 Å². The zero-order chi connectivity index (χ0) is 22.9. The minimum absolute atomic E-state index is 0.0413. The van der Waals surface area contributed by atoms with E-state index in [9.17, 15) is 9.90 Å². The van der Waals surface area contributed by atoms with Gasteiger partial charge in [0.25, 0.3) is 0 Å². The topological polar surface area (TPSA) is 130 Å². The van der Waals surface area contributed by atoms with Crippen LogP contribution in [0.3, 0.4) is 0 Å². The molecule has 5 rings (SSSR count). The van der Waals surface area contributed by atoms with Gasteiger partial charge < -0.3 is 20.3 Å². The number of fused-ring (bicyclic) bond motifs is 1. The van der Waals surface area contributed by atoms with Crippen LogP contribution < -0.4 is 16.2 Å². The molecule has 3 aromatic heterocycles. The Balaban J connectivity index is 1.81. The van der Waals surface area contributed by atoms with Gasteiger partial charge in [0.15, 0.2) is 5.65 Å². The molecule has 10 nitrogen and oxygen atoms in total. The number of nitrogens with two attached hydrogens (primary N) is 1. The number of nitrogen functional groups attached to an aromatic ring is 1. The highest BCUT2D eigenvalue weighted by Crippen LogP contribution is 2.35. The molecule has 0 amide bonds. The summed E-state index contributed by atoms with van der Waals surface area (Å²) in [7, 11) is 1.50. The average Bonchev–Trinajstić information content (AvgIpc) is 3.47. The molecule has 0 aliphatic carbocycles. The molecule has 0 saturated carbocycles. The minimum Gasteiger partial charge on any atom is -0.481 e. The maximum Gasteiger partial charge on any atom is 0.353 e. The molecule has 170 valence electrons. The van der Waals surface area contributed by atoms with Gasteiger partial charge in [-0.05, 0) is 24.5 Å². The Morgan fingerprint density at radius 2 is 2.03 bits per heavy atom. The summed E-state index contributed by atoms with van der Waals surface area (Å²) in [5.41, 5.74) is 9.28. The number of rotatable bonds is 6. The zero-order valence-electron chi connectivity index (χ0n) is 18.1. The Morgan fingerprint density at radius 3 is 2.73 bits per heavy atom. The fraction of sp³-hybridized carbons (Fsp3) is 0.304. The van der Waals surface area contributed by atoms with Gasteiger partial charge >= 0.3 is 5.69 Å². The van der Waals surface area contributed by atoms with Gasteiger partial charge in [0.1, 0.15) is 0 Å². The molecule has 0 bridgehead atoms. The van der Waals surface area contributed by atoms with Crippen molar-refractivity contribution in [2.75, 3.05) is 19.5 Å². The summed E-state index contributed by atoms with van der Waals surface area (Å²) in [6.07, 6.45) is 1.76. The summed E-state index contributed by atoms with van der Waals surface area (Å²) in [4.78, 5) is 22.1. The summed E-state index contributed by atoms with van der Waals surface area (Å²) < 4.78 is 13.7. The number of hydrogen-bond acceptors (Lipinski definition) is 8. The van der Waals surface area contributed by atoms with Gasteiger partial charge in [-0.1, -0.05) is 30.3 Å². The van der Waals surface area contributed by atoms with E-state index in [1.165, 1.54) is 16.2 Å². The molecule has 0 spiro atoms. The molecule has 4 heterocycles. The average molecular weight is 448 g/mol. The summed E-state index contributed by atoms with van der Waals surface area (Å²) in [6.45, 7) is 0.742. The summed E-state index contributed by atoms with van der Waals surface area (Å²) in [6, 6.07) is 13.0. The zero-order valence-corrected chi connectivity index (χ0v) is 18.1. The van der Waals surface area contributed by atoms with E-state index >= 15 is 0 Å². The van der Waals surface area contributed by atoms with Crippen LogP contribution in [0, 0.1) is 0 Å². The van der Waals surface area contributed by atoms with Crippen molar-refractivity contribution in [1.29, 1.82) is 0 Å². The van der Waals surface area contributed by atoms with Crippen LogP contribution >= 0.6 is 0 Å². The highest BCUT2D eigenvalue weighted by atomic mass is 16.5. The second-order valence-corrected chi connectivity index (χ2v) is 7.87. The van der Waals surface area contributed by atoms with Crippen molar-refractivity contribution in [3.05, 3.63) is 58.6 Å². The maximum absolute atomic E-state index is 13.2. The minimum atomic E-state index is -0.380.